The number of ether oxygens (including phenoxy) is 2. The molecule has 0 aliphatic rings. The Bertz CT molecular complexity index is 1380. The first kappa shape index (κ1) is 23.6. The monoisotopic (exact) mass is 467 g/mol. The van der Waals surface area contributed by atoms with Crippen molar-refractivity contribution >= 4 is 34.5 Å². The van der Waals surface area contributed by atoms with Crippen molar-refractivity contribution in [2.24, 2.45) is 10.7 Å². The second-order valence-corrected chi connectivity index (χ2v) is 7.49. The maximum atomic E-state index is 12.5. The number of esters is 1. The Hall–Kier alpha value is -4.59. The van der Waals surface area contributed by atoms with Gasteiger partial charge in [0.25, 0.3) is 0 Å². The molecule has 0 aliphatic carbocycles. The second-order valence-electron chi connectivity index (χ2n) is 7.49. The average molecular weight is 468 g/mol. The van der Waals surface area contributed by atoms with Crippen molar-refractivity contribution in [2.45, 2.75) is 13.5 Å². The highest BCUT2D eigenvalue weighted by Crippen LogP contribution is 2.24. The highest BCUT2D eigenvalue weighted by molar-refractivity contribution is 6.18. The molecule has 0 fully saturated rings. The quantitative estimate of drug-likeness (QED) is 0.303. The van der Waals surface area contributed by atoms with Crippen LogP contribution < -0.4 is 10.5 Å². The van der Waals surface area contributed by atoms with Crippen molar-refractivity contribution in [2.75, 3.05) is 13.7 Å². The SMILES string of the molecule is CCOC(=O)c1nc2ccccc2nc1COc1ccc(/C(N)=C(/C=NC)c2ccncc2)cc1. The predicted octanol–water partition coefficient (Wildman–Crippen LogP) is 4.31. The van der Waals surface area contributed by atoms with E-state index in [1.54, 1.807) is 38.6 Å². The number of benzene rings is 2. The number of allylic oxidation sites excluding steroid dienone is 1. The van der Waals surface area contributed by atoms with Crippen molar-refractivity contribution in [3.8, 4) is 5.75 Å². The molecule has 0 bridgehead atoms. The fourth-order valence-electron chi connectivity index (χ4n) is 3.50. The third-order valence-electron chi connectivity index (χ3n) is 5.19. The van der Waals surface area contributed by atoms with E-state index in [0.717, 1.165) is 16.7 Å². The van der Waals surface area contributed by atoms with Gasteiger partial charge in [-0.3, -0.25) is 9.98 Å². The number of hydrogen-bond donors (Lipinski definition) is 1. The molecule has 8 nitrogen and oxygen atoms in total. The maximum absolute atomic E-state index is 12.5. The van der Waals surface area contributed by atoms with Gasteiger partial charge >= 0.3 is 5.97 Å². The Morgan fingerprint density at radius 2 is 1.66 bits per heavy atom. The van der Waals surface area contributed by atoms with Crippen molar-refractivity contribution in [1.29, 1.82) is 0 Å². The molecule has 2 heterocycles. The Kier molecular flexibility index (Phi) is 7.42. The van der Waals surface area contributed by atoms with E-state index in [0.29, 0.717) is 28.2 Å². The summed E-state index contributed by atoms with van der Waals surface area (Å²) in [7, 11) is 1.70. The molecule has 4 rings (SSSR count). The summed E-state index contributed by atoms with van der Waals surface area (Å²) in [5.74, 6) is 0.0692. The van der Waals surface area contributed by atoms with Gasteiger partial charge in [0.05, 0.1) is 17.6 Å². The standard InChI is InChI=1S/C27H25N5O3/c1-3-34-27(33)26-24(31-22-6-4-5-7-23(22)32-26)17-35-20-10-8-19(9-11-20)25(28)21(16-29-2)18-12-14-30-15-13-18/h4-16H,3,17,28H2,1-2H3/b25-21+,29-16?. The summed E-state index contributed by atoms with van der Waals surface area (Å²) in [5, 5.41) is 0. The first-order valence-electron chi connectivity index (χ1n) is 11.1. The van der Waals surface area contributed by atoms with E-state index in [1.807, 2.05) is 54.6 Å². The van der Waals surface area contributed by atoms with E-state index < -0.39 is 5.97 Å². The molecule has 0 radical (unpaired) electrons. The highest BCUT2D eigenvalue weighted by atomic mass is 16.5. The van der Waals surface area contributed by atoms with Gasteiger partial charge in [-0.15, -0.1) is 0 Å². The minimum atomic E-state index is -0.529. The summed E-state index contributed by atoms with van der Waals surface area (Å²) in [4.78, 5) is 29.7. The molecule has 0 saturated heterocycles. The topological polar surface area (TPSA) is 113 Å². The smallest absolute Gasteiger partial charge is 0.358 e. The van der Waals surface area contributed by atoms with E-state index in [9.17, 15) is 4.79 Å². The van der Waals surface area contributed by atoms with Crippen LogP contribution in [-0.2, 0) is 11.3 Å². The number of nitrogens with zero attached hydrogens (tertiary/aromatic N) is 4. The second kappa shape index (κ2) is 11.0. The molecular weight excluding hydrogens is 442 g/mol. The van der Waals surface area contributed by atoms with Crippen LogP contribution in [0.3, 0.4) is 0 Å². The van der Waals surface area contributed by atoms with E-state index in [4.69, 9.17) is 15.2 Å². The third kappa shape index (κ3) is 5.50. The first-order valence-corrected chi connectivity index (χ1v) is 11.1. The van der Waals surface area contributed by atoms with E-state index >= 15 is 0 Å². The number of aromatic nitrogens is 3. The molecule has 176 valence electrons. The van der Waals surface area contributed by atoms with Gasteiger partial charge in [-0.05, 0) is 66.6 Å². The summed E-state index contributed by atoms with van der Waals surface area (Å²) in [6.07, 6.45) is 5.15. The number of carbonyl (C=O) groups is 1. The number of carbonyl (C=O) groups excluding carboxylic acids is 1. The summed E-state index contributed by atoms with van der Waals surface area (Å²) in [5.41, 5.74) is 11.4. The van der Waals surface area contributed by atoms with Crippen LogP contribution in [0.1, 0.15) is 34.2 Å². The average Bonchev–Trinajstić information content (AvgIpc) is 2.90. The largest absolute Gasteiger partial charge is 0.487 e. The Morgan fingerprint density at radius 1 is 0.971 bits per heavy atom. The molecule has 2 aromatic carbocycles. The van der Waals surface area contributed by atoms with Gasteiger partial charge in [-0.2, -0.15) is 0 Å². The predicted molar refractivity (Wildman–Crippen MR) is 136 cm³/mol. The van der Waals surface area contributed by atoms with Crippen LogP contribution in [0.15, 0.2) is 78.0 Å². The molecular formula is C27H25N5O3. The number of nitrogens with two attached hydrogens (primary N) is 1. The van der Waals surface area contributed by atoms with Crippen molar-refractivity contribution in [3.05, 3.63) is 95.6 Å². The summed E-state index contributed by atoms with van der Waals surface area (Å²) in [6.45, 7) is 2.05. The van der Waals surface area contributed by atoms with Crippen molar-refractivity contribution in [1.82, 2.24) is 15.0 Å². The third-order valence-corrected chi connectivity index (χ3v) is 5.19. The molecule has 2 N–H and O–H groups in total. The van der Waals surface area contributed by atoms with Crippen LogP contribution in [-0.4, -0.2) is 40.8 Å². The molecule has 0 saturated carbocycles. The van der Waals surface area contributed by atoms with E-state index in [-0.39, 0.29) is 18.9 Å². The molecule has 0 amide bonds. The number of rotatable bonds is 8. The molecule has 0 atom stereocenters. The molecule has 35 heavy (non-hydrogen) atoms. The summed E-state index contributed by atoms with van der Waals surface area (Å²) < 4.78 is 11.1. The minimum absolute atomic E-state index is 0.0570. The molecule has 0 aliphatic heterocycles. The molecule has 0 unspecified atom stereocenters. The Morgan fingerprint density at radius 3 is 2.31 bits per heavy atom. The van der Waals surface area contributed by atoms with Crippen LogP contribution in [0.25, 0.3) is 22.3 Å². The normalized spacial score (nSPS) is 11.9. The zero-order valence-electron chi connectivity index (χ0n) is 19.5. The molecule has 8 heteroatoms. The number of aliphatic imine (C=N–C) groups is 1. The van der Waals surface area contributed by atoms with Crippen LogP contribution >= 0.6 is 0 Å². The Balaban J connectivity index is 1.58. The van der Waals surface area contributed by atoms with E-state index in [2.05, 4.69) is 19.9 Å². The Labute approximate surface area is 203 Å². The van der Waals surface area contributed by atoms with Crippen LogP contribution in [0.4, 0.5) is 0 Å². The van der Waals surface area contributed by atoms with Crippen LogP contribution in [0.5, 0.6) is 5.75 Å². The lowest BCUT2D eigenvalue weighted by atomic mass is 10.0. The molecule has 4 aromatic rings. The van der Waals surface area contributed by atoms with Crippen LogP contribution in [0, 0.1) is 0 Å². The maximum Gasteiger partial charge on any atom is 0.358 e. The highest BCUT2D eigenvalue weighted by Gasteiger charge is 2.18. The number of fused-ring (bicyclic) bond motifs is 1. The van der Waals surface area contributed by atoms with Crippen molar-refractivity contribution in [3.63, 3.8) is 0 Å². The summed E-state index contributed by atoms with van der Waals surface area (Å²) >= 11 is 0. The zero-order valence-corrected chi connectivity index (χ0v) is 19.5. The van der Waals surface area contributed by atoms with Gasteiger partial charge in [0.2, 0.25) is 0 Å². The minimum Gasteiger partial charge on any atom is -0.487 e. The van der Waals surface area contributed by atoms with Gasteiger partial charge in [0.15, 0.2) is 5.69 Å². The van der Waals surface area contributed by atoms with Gasteiger partial charge in [-0.1, -0.05) is 12.1 Å². The molecule has 0 spiro atoms. The van der Waals surface area contributed by atoms with Crippen molar-refractivity contribution < 1.29 is 14.3 Å². The molecule has 2 aromatic heterocycles. The summed E-state index contributed by atoms with van der Waals surface area (Å²) in [6, 6.07) is 18.5. The van der Waals surface area contributed by atoms with Crippen LogP contribution in [0.2, 0.25) is 0 Å². The lowest BCUT2D eigenvalue weighted by Crippen LogP contribution is -2.14. The first-order chi connectivity index (χ1) is 17.1. The fourth-order valence-corrected chi connectivity index (χ4v) is 3.50. The van der Waals surface area contributed by atoms with Gasteiger partial charge in [0, 0.05) is 36.9 Å². The fraction of sp³-hybridized carbons (Fsp3) is 0.148. The van der Waals surface area contributed by atoms with Gasteiger partial charge in [0.1, 0.15) is 18.1 Å². The number of hydrogen-bond acceptors (Lipinski definition) is 8. The number of para-hydroxylation sites is 2. The van der Waals surface area contributed by atoms with Gasteiger partial charge in [-0.25, -0.2) is 14.8 Å². The zero-order chi connectivity index (χ0) is 24.6. The lowest BCUT2D eigenvalue weighted by molar-refractivity contribution is 0.0516. The number of pyridine rings is 1. The van der Waals surface area contributed by atoms with Gasteiger partial charge < -0.3 is 15.2 Å². The van der Waals surface area contributed by atoms with E-state index in [1.165, 1.54) is 0 Å². The lowest BCUT2D eigenvalue weighted by Gasteiger charge is -2.12.